The molecule has 0 heterocycles. The van der Waals surface area contributed by atoms with Gasteiger partial charge in [-0.2, -0.15) is 13.2 Å². The predicted octanol–water partition coefficient (Wildman–Crippen LogP) is 1.99. The van der Waals surface area contributed by atoms with E-state index in [0.29, 0.717) is 6.07 Å². The zero-order valence-electron chi connectivity index (χ0n) is 9.97. The van der Waals surface area contributed by atoms with Gasteiger partial charge in [0.25, 0.3) is 0 Å². The number of amides is 1. The molecule has 110 valence electrons. The molecule has 0 aromatic heterocycles. The Bertz CT molecular complexity index is 543. The van der Waals surface area contributed by atoms with Crippen LogP contribution in [0.1, 0.15) is 23.7 Å². The lowest BCUT2D eigenvalue weighted by atomic mass is 9.85. The molecule has 1 amide bonds. The van der Waals surface area contributed by atoms with Crippen LogP contribution in [0.3, 0.4) is 0 Å². The minimum Gasteiger partial charge on any atom is -0.386 e. The van der Waals surface area contributed by atoms with E-state index in [2.05, 4.69) is 0 Å². The second-order valence-electron chi connectivity index (χ2n) is 4.52. The highest BCUT2D eigenvalue weighted by atomic mass is 19.4. The van der Waals surface area contributed by atoms with Gasteiger partial charge in [-0.1, -0.05) is 0 Å². The number of hydrogen-bond donors (Lipinski definition) is 2. The second kappa shape index (κ2) is 5.01. The number of fused-ring (bicyclic) bond motifs is 1. The van der Waals surface area contributed by atoms with E-state index in [9.17, 15) is 31.9 Å². The van der Waals surface area contributed by atoms with Crippen molar-refractivity contribution in [3.05, 3.63) is 34.9 Å². The second-order valence-corrected chi connectivity index (χ2v) is 4.52. The van der Waals surface area contributed by atoms with Crippen molar-refractivity contribution in [1.82, 2.24) is 5.32 Å². The van der Waals surface area contributed by atoms with Crippen molar-refractivity contribution in [2.24, 2.45) is 0 Å². The van der Waals surface area contributed by atoms with Crippen LogP contribution < -0.4 is 5.32 Å². The monoisotopic (exact) mass is 295 g/mol. The molecule has 2 N–H and O–H groups in total. The largest absolute Gasteiger partial charge is 0.471 e. The van der Waals surface area contributed by atoms with E-state index in [4.69, 9.17) is 0 Å². The van der Waals surface area contributed by atoms with Crippen molar-refractivity contribution in [2.75, 3.05) is 0 Å². The summed E-state index contributed by atoms with van der Waals surface area (Å²) in [6.45, 7) is 0. The van der Waals surface area contributed by atoms with E-state index in [1.165, 1.54) is 0 Å². The molecule has 1 unspecified atom stereocenters. The minimum absolute atomic E-state index is 0.00130. The van der Waals surface area contributed by atoms with Gasteiger partial charge in [-0.25, -0.2) is 8.78 Å². The quantitative estimate of drug-likeness (QED) is 0.779. The van der Waals surface area contributed by atoms with E-state index in [1.807, 2.05) is 0 Å². The molecule has 0 saturated heterocycles. The van der Waals surface area contributed by atoms with Crippen LogP contribution in [-0.4, -0.2) is 23.2 Å². The summed E-state index contributed by atoms with van der Waals surface area (Å²) in [5.74, 6) is -4.00. The average molecular weight is 295 g/mol. The highest BCUT2D eigenvalue weighted by molar-refractivity contribution is 5.82. The van der Waals surface area contributed by atoms with Crippen LogP contribution in [0.25, 0.3) is 0 Å². The first kappa shape index (κ1) is 14.7. The number of halogens is 5. The first-order valence-corrected chi connectivity index (χ1v) is 5.73. The zero-order chi connectivity index (χ0) is 15.1. The van der Waals surface area contributed by atoms with Gasteiger partial charge in [0.2, 0.25) is 0 Å². The van der Waals surface area contributed by atoms with Crippen LogP contribution >= 0.6 is 0 Å². The van der Waals surface area contributed by atoms with Crippen LogP contribution in [0.2, 0.25) is 0 Å². The Hall–Kier alpha value is -1.70. The van der Waals surface area contributed by atoms with Crippen LogP contribution in [-0.2, 0) is 11.2 Å². The van der Waals surface area contributed by atoms with Crippen molar-refractivity contribution < 1.29 is 31.9 Å². The first-order chi connectivity index (χ1) is 9.20. The Kier molecular flexibility index (Phi) is 3.68. The summed E-state index contributed by atoms with van der Waals surface area (Å²) in [5.41, 5.74) is -0.0855. The summed E-state index contributed by atoms with van der Waals surface area (Å²) in [6.07, 6.45) is -6.73. The summed E-state index contributed by atoms with van der Waals surface area (Å²) in [4.78, 5) is 10.8. The maximum absolute atomic E-state index is 13.5. The van der Waals surface area contributed by atoms with Crippen molar-refractivity contribution in [1.29, 1.82) is 0 Å². The lowest BCUT2D eigenvalue weighted by Crippen LogP contribution is -2.47. The molecular formula is C12H10F5NO2. The number of aliphatic hydroxyl groups is 1. The molecule has 3 nitrogen and oxygen atoms in total. The smallest absolute Gasteiger partial charge is 0.386 e. The van der Waals surface area contributed by atoms with Crippen molar-refractivity contribution in [3.8, 4) is 0 Å². The number of carbonyl (C=O) groups excluding carboxylic acids is 1. The number of carbonyl (C=O) groups is 1. The Balaban J connectivity index is 2.24. The number of nitrogens with one attached hydrogen (secondary N) is 1. The van der Waals surface area contributed by atoms with Crippen molar-refractivity contribution in [2.45, 2.75) is 31.2 Å². The molecule has 1 aliphatic rings. The Labute approximate surface area is 110 Å². The van der Waals surface area contributed by atoms with Crippen LogP contribution in [0, 0.1) is 11.6 Å². The van der Waals surface area contributed by atoms with Crippen LogP contribution in [0.15, 0.2) is 12.1 Å². The molecule has 1 aromatic rings. The third-order valence-electron chi connectivity index (χ3n) is 3.17. The maximum atomic E-state index is 13.5. The van der Waals surface area contributed by atoms with Crippen LogP contribution in [0.5, 0.6) is 0 Å². The summed E-state index contributed by atoms with van der Waals surface area (Å²) < 4.78 is 63.0. The topological polar surface area (TPSA) is 49.3 Å². The average Bonchev–Trinajstić information content (AvgIpc) is 2.32. The number of hydrogen-bond acceptors (Lipinski definition) is 2. The van der Waals surface area contributed by atoms with Crippen molar-refractivity contribution in [3.63, 3.8) is 0 Å². The highest BCUT2D eigenvalue weighted by Crippen LogP contribution is 2.32. The maximum Gasteiger partial charge on any atom is 0.471 e. The molecule has 20 heavy (non-hydrogen) atoms. The Morgan fingerprint density at radius 1 is 1.30 bits per heavy atom. The first-order valence-electron chi connectivity index (χ1n) is 5.73. The van der Waals surface area contributed by atoms with Gasteiger partial charge in [-0.05, 0) is 30.0 Å². The van der Waals surface area contributed by atoms with Crippen LogP contribution in [0.4, 0.5) is 22.0 Å². The van der Waals surface area contributed by atoms with Gasteiger partial charge in [-0.15, -0.1) is 0 Å². The van der Waals surface area contributed by atoms with E-state index in [0.717, 1.165) is 6.07 Å². The number of benzene rings is 1. The number of alkyl halides is 3. The highest BCUT2D eigenvalue weighted by Gasteiger charge is 2.42. The molecule has 2 rings (SSSR count). The zero-order valence-corrected chi connectivity index (χ0v) is 9.97. The third kappa shape index (κ3) is 2.74. The summed E-state index contributed by atoms with van der Waals surface area (Å²) in [6, 6.07) is 0.257. The third-order valence-corrected chi connectivity index (χ3v) is 3.17. The SMILES string of the molecule is O=C(N[C@H]1CCc2c(F)cc(F)cc2C1O)C(F)(F)F. The lowest BCUT2D eigenvalue weighted by Gasteiger charge is -2.31. The summed E-state index contributed by atoms with van der Waals surface area (Å²) in [7, 11) is 0. The molecule has 0 fully saturated rings. The fourth-order valence-electron chi connectivity index (χ4n) is 2.23. The lowest BCUT2D eigenvalue weighted by molar-refractivity contribution is -0.175. The van der Waals surface area contributed by atoms with E-state index < -0.39 is 35.9 Å². The fraction of sp³-hybridized carbons (Fsp3) is 0.417. The molecule has 0 aliphatic heterocycles. The Morgan fingerprint density at radius 2 is 1.95 bits per heavy atom. The normalized spacial score (nSPS) is 22.3. The molecular weight excluding hydrogens is 285 g/mol. The molecule has 2 atom stereocenters. The van der Waals surface area contributed by atoms with E-state index in [-0.39, 0.29) is 24.0 Å². The van der Waals surface area contributed by atoms with Crippen molar-refractivity contribution >= 4 is 5.91 Å². The molecule has 0 radical (unpaired) electrons. The van der Waals surface area contributed by atoms with Gasteiger partial charge < -0.3 is 10.4 Å². The molecule has 1 aliphatic carbocycles. The summed E-state index contributed by atoms with van der Waals surface area (Å²) in [5, 5.41) is 11.5. The van der Waals surface area contributed by atoms with Gasteiger partial charge in [0.15, 0.2) is 0 Å². The van der Waals surface area contributed by atoms with Gasteiger partial charge in [-0.3, -0.25) is 4.79 Å². The van der Waals surface area contributed by atoms with Gasteiger partial charge in [0.05, 0.1) is 12.1 Å². The summed E-state index contributed by atoms with van der Waals surface area (Å²) >= 11 is 0. The molecule has 8 heteroatoms. The number of aliphatic hydroxyl groups excluding tert-OH is 1. The Morgan fingerprint density at radius 3 is 2.55 bits per heavy atom. The molecule has 1 aromatic carbocycles. The van der Waals surface area contributed by atoms with Gasteiger partial charge in [0.1, 0.15) is 11.6 Å². The van der Waals surface area contributed by atoms with E-state index in [1.54, 1.807) is 5.32 Å². The standard InChI is InChI=1S/C12H10F5NO2/c13-5-3-7-6(8(14)4-5)1-2-9(10(7)19)18-11(20)12(15,16)17/h3-4,9-10,19H,1-2H2,(H,18,20)/t9-,10?/m0/s1. The fourth-order valence-corrected chi connectivity index (χ4v) is 2.23. The molecule has 0 bridgehead atoms. The molecule has 0 saturated carbocycles. The minimum atomic E-state index is -5.08. The van der Waals surface area contributed by atoms with E-state index >= 15 is 0 Å². The van der Waals surface area contributed by atoms with Gasteiger partial charge >= 0.3 is 12.1 Å². The number of rotatable bonds is 1. The predicted molar refractivity (Wildman–Crippen MR) is 57.6 cm³/mol. The van der Waals surface area contributed by atoms with Gasteiger partial charge in [0, 0.05) is 6.07 Å². The molecule has 0 spiro atoms.